The Hall–Kier alpha value is -2.10. The van der Waals surface area contributed by atoms with E-state index in [1.807, 2.05) is 25.1 Å². The summed E-state index contributed by atoms with van der Waals surface area (Å²) in [5.41, 5.74) is 4.10. The first-order valence-corrected chi connectivity index (χ1v) is 11.8. The summed E-state index contributed by atoms with van der Waals surface area (Å²) in [5.74, 6) is 0. The first kappa shape index (κ1) is 22.2. The van der Waals surface area contributed by atoms with Gasteiger partial charge in [0.2, 0.25) is 0 Å². The molecule has 0 unspecified atom stereocenters. The largest absolute Gasteiger partial charge is 0.407 e. The molecule has 8 heteroatoms. The van der Waals surface area contributed by atoms with Crippen molar-refractivity contribution in [1.82, 2.24) is 4.31 Å². The van der Waals surface area contributed by atoms with Crippen LogP contribution in [0.15, 0.2) is 59.5 Å². The summed E-state index contributed by atoms with van der Waals surface area (Å²) in [4.78, 5) is 0.103. The molecule has 150 valence electrons. The first-order chi connectivity index (χ1) is 13.3. The highest BCUT2D eigenvalue weighted by molar-refractivity contribution is 7.89. The average Bonchev–Trinajstić information content (AvgIpc) is 2.66. The molecule has 0 saturated heterocycles. The fraction of sp³-hybridized carbons (Fsp3) is 0.300. The van der Waals surface area contributed by atoms with Gasteiger partial charge in [0.15, 0.2) is 0 Å². The summed E-state index contributed by atoms with van der Waals surface area (Å²) in [6.45, 7) is 5.47. The quantitative estimate of drug-likeness (QED) is 0.360. The third kappa shape index (κ3) is 5.95. The van der Waals surface area contributed by atoms with E-state index in [1.165, 1.54) is 12.1 Å². The molecule has 0 aromatic heterocycles. The van der Waals surface area contributed by atoms with Crippen LogP contribution >= 0.6 is 7.60 Å². The third-order valence-corrected chi connectivity index (χ3v) is 6.93. The van der Waals surface area contributed by atoms with Crippen molar-refractivity contribution < 1.29 is 22.0 Å². The van der Waals surface area contributed by atoms with Crippen LogP contribution in [0.2, 0.25) is 0 Å². The lowest BCUT2D eigenvalue weighted by Gasteiger charge is -2.19. The monoisotopic (exact) mass is 421 g/mol. The Bertz CT molecular complexity index is 969. The molecule has 2 aromatic carbocycles. The molecule has 0 aliphatic carbocycles. The summed E-state index contributed by atoms with van der Waals surface area (Å²) >= 11 is 0. The standard InChI is InChI=1S/C20H24NO5PS/c1-4-25-27(22,26-5-2)16-15-21(17-19-9-7-6-8-10-19)28(23,24)20-13-11-18(3)12-14-20/h6-14H,4-5,17H2,1-3H3. The van der Waals surface area contributed by atoms with E-state index >= 15 is 0 Å². The van der Waals surface area contributed by atoms with Crippen molar-refractivity contribution >= 4 is 17.6 Å². The van der Waals surface area contributed by atoms with Crippen molar-refractivity contribution in [2.45, 2.75) is 32.2 Å². The van der Waals surface area contributed by atoms with Crippen LogP contribution in [0.1, 0.15) is 25.0 Å². The van der Waals surface area contributed by atoms with Crippen molar-refractivity contribution in [2.75, 3.05) is 13.2 Å². The molecule has 0 bridgehead atoms. The lowest BCUT2D eigenvalue weighted by molar-refractivity contribution is 0.230. The van der Waals surface area contributed by atoms with E-state index in [0.29, 0.717) is 0 Å². The second-order valence-electron chi connectivity index (χ2n) is 5.87. The Balaban J connectivity index is 2.47. The number of sulfonamides is 1. The van der Waals surface area contributed by atoms with Crippen molar-refractivity contribution in [3.8, 4) is 11.7 Å². The second-order valence-corrected chi connectivity index (χ2v) is 9.46. The van der Waals surface area contributed by atoms with Gasteiger partial charge in [-0.25, -0.2) is 17.3 Å². The van der Waals surface area contributed by atoms with E-state index in [-0.39, 0.29) is 24.7 Å². The third-order valence-electron chi connectivity index (χ3n) is 3.69. The van der Waals surface area contributed by atoms with E-state index in [2.05, 4.69) is 11.7 Å². The molecule has 0 saturated carbocycles. The molecule has 0 heterocycles. The zero-order chi connectivity index (χ0) is 20.6. The maximum Gasteiger partial charge on any atom is 0.407 e. The Morgan fingerprint density at radius 1 is 0.964 bits per heavy atom. The summed E-state index contributed by atoms with van der Waals surface area (Å²) in [6, 6.07) is 18.0. The Kier molecular flexibility index (Phi) is 7.85. The minimum absolute atomic E-state index is 0.00228. The number of hydrogen-bond acceptors (Lipinski definition) is 5. The van der Waals surface area contributed by atoms with Crippen LogP contribution in [0.4, 0.5) is 0 Å². The van der Waals surface area contributed by atoms with Gasteiger partial charge in [0.1, 0.15) is 0 Å². The smallest absolute Gasteiger partial charge is 0.300 e. The van der Waals surface area contributed by atoms with E-state index in [0.717, 1.165) is 15.4 Å². The maximum absolute atomic E-state index is 13.1. The van der Waals surface area contributed by atoms with Gasteiger partial charge in [0.25, 0.3) is 10.0 Å². The molecule has 0 aliphatic rings. The van der Waals surface area contributed by atoms with Gasteiger partial charge < -0.3 is 0 Å². The van der Waals surface area contributed by atoms with Gasteiger partial charge in [0, 0.05) is 11.7 Å². The number of rotatable bonds is 8. The molecule has 2 aromatic rings. The van der Waals surface area contributed by atoms with E-state index in [4.69, 9.17) is 9.05 Å². The fourth-order valence-electron chi connectivity index (χ4n) is 2.33. The molecule has 0 N–H and O–H groups in total. The molecule has 0 atom stereocenters. The highest BCUT2D eigenvalue weighted by Gasteiger charge is 2.25. The number of benzene rings is 2. The summed E-state index contributed by atoms with van der Waals surface area (Å²) in [5, 5.41) is 0. The lowest BCUT2D eigenvalue weighted by Crippen LogP contribution is -2.26. The molecule has 0 spiro atoms. The number of hydrogen-bond donors (Lipinski definition) is 0. The molecule has 2 rings (SSSR count). The summed E-state index contributed by atoms with van der Waals surface area (Å²) in [7, 11) is -7.65. The van der Waals surface area contributed by atoms with Gasteiger partial charge in [0.05, 0.1) is 24.7 Å². The molecule has 0 aliphatic heterocycles. The second kappa shape index (κ2) is 9.90. The highest BCUT2D eigenvalue weighted by Crippen LogP contribution is 2.46. The minimum atomic E-state index is -3.94. The summed E-state index contributed by atoms with van der Waals surface area (Å²) < 4.78 is 50.2. The van der Waals surface area contributed by atoms with Gasteiger partial charge >= 0.3 is 7.60 Å². The molecule has 28 heavy (non-hydrogen) atoms. The van der Waals surface area contributed by atoms with Gasteiger partial charge in [-0.2, -0.15) is 0 Å². The van der Waals surface area contributed by atoms with Crippen LogP contribution < -0.4 is 0 Å². The van der Waals surface area contributed by atoms with Crippen molar-refractivity contribution in [3.63, 3.8) is 0 Å². The molecule has 0 amide bonds. The van der Waals surface area contributed by atoms with Gasteiger partial charge in [-0.1, -0.05) is 48.0 Å². The van der Waals surface area contributed by atoms with Crippen molar-refractivity contribution in [3.05, 3.63) is 65.7 Å². The summed E-state index contributed by atoms with van der Waals surface area (Å²) in [6.07, 6.45) is 0. The topological polar surface area (TPSA) is 72.9 Å². The number of nitrogens with zero attached hydrogens (tertiary/aromatic N) is 1. The minimum Gasteiger partial charge on any atom is -0.300 e. The van der Waals surface area contributed by atoms with Crippen LogP contribution in [0.25, 0.3) is 0 Å². The van der Waals surface area contributed by atoms with Crippen LogP contribution in [0, 0.1) is 18.6 Å². The SMILES string of the molecule is CCOP(=O)(C#CN(Cc1ccccc1)S(=O)(=O)c1ccc(C)cc1)OCC. The van der Waals surface area contributed by atoms with E-state index < -0.39 is 17.6 Å². The van der Waals surface area contributed by atoms with Gasteiger partial charge in [-0.15, -0.1) is 0 Å². The molecule has 0 radical (unpaired) electrons. The van der Waals surface area contributed by atoms with Crippen LogP contribution in [0.3, 0.4) is 0 Å². The lowest BCUT2D eigenvalue weighted by atomic mass is 10.2. The zero-order valence-electron chi connectivity index (χ0n) is 16.2. The Labute approximate surface area is 167 Å². The van der Waals surface area contributed by atoms with E-state index in [1.54, 1.807) is 38.1 Å². The Morgan fingerprint density at radius 2 is 1.54 bits per heavy atom. The molecule has 0 fully saturated rings. The normalized spacial score (nSPS) is 11.5. The van der Waals surface area contributed by atoms with Gasteiger partial charge in [-0.3, -0.25) is 9.05 Å². The van der Waals surface area contributed by atoms with Crippen LogP contribution in [-0.4, -0.2) is 25.9 Å². The Morgan fingerprint density at radius 3 is 2.07 bits per heavy atom. The number of aryl methyl sites for hydroxylation is 1. The fourth-order valence-corrected chi connectivity index (χ4v) is 4.74. The predicted octanol–water partition coefficient (Wildman–Crippen LogP) is 4.37. The maximum atomic E-state index is 13.1. The van der Waals surface area contributed by atoms with Crippen LogP contribution in [0.5, 0.6) is 0 Å². The van der Waals surface area contributed by atoms with Crippen molar-refractivity contribution in [2.24, 2.45) is 0 Å². The molecular weight excluding hydrogens is 397 g/mol. The van der Waals surface area contributed by atoms with Gasteiger partial charge in [-0.05, 0) is 38.5 Å². The molecule has 6 nitrogen and oxygen atoms in total. The van der Waals surface area contributed by atoms with Crippen LogP contribution in [-0.2, 0) is 30.2 Å². The average molecular weight is 421 g/mol. The first-order valence-electron chi connectivity index (χ1n) is 8.86. The molecular formula is C20H24NO5PS. The van der Waals surface area contributed by atoms with Crippen molar-refractivity contribution in [1.29, 1.82) is 0 Å². The zero-order valence-corrected chi connectivity index (χ0v) is 17.9. The predicted molar refractivity (Wildman–Crippen MR) is 109 cm³/mol. The van der Waals surface area contributed by atoms with E-state index in [9.17, 15) is 13.0 Å². The highest BCUT2D eigenvalue weighted by atomic mass is 32.2.